The minimum Gasteiger partial charge on any atom is -0.123 e. The van der Waals surface area contributed by atoms with Crippen LogP contribution in [-0.4, -0.2) is 18.3 Å². The van der Waals surface area contributed by atoms with Crippen molar-refractivity contribution in [2.75, 3.05) is 0 Å². The summed E-state index contributed by atoms with van der Waals surface area (Å²) in [4.78, 5) is 0. The van der Waals surface area contributed by atoms with Gasteiger partial charge in [-0.15, -0.1) is 23.2 Å². The molecule has 0 aromatic rings. The van der Waals surface area contributed by atoms with Gasteiger partial charge in [0, 0.05) is 23.6 Å². The van der Waals surface area contributed by atoms with Gasteiger partial charge in [0.1, 0.15) is 0 Å². The molecule has 0 bridgehead atoms. The largest absolute Gasteiger partial charge is 0.192 e. The first-order valence-corrected chi connectivity index (χ1v) is 9.05. The lowest BCUT2D eigenvalue weighted by molar-refractivity contribution is 0.569. The molecule has 19 heavy (non-hydrogen) atoms. The van der Waals surface area contributed by atoms with E-state index in [2.05, 4.69) is 0 Å². The minimum atomic E-state index is -1.28. The number of alkyl halides is 8. The Balaban J connectivity index is 3.55. The van der Waals surface area contributed by atoms with Crippen LogP contribution in [0.4, 0.5) is 0 Å². The topological polar surface area (TPSA) is 0 Å². The van der Waals surface area contributed by atoms with Crippen LogP contribution in [0, 0.1) is 0 Å². The van der Waals surface area contributed by atoms with Gasteiger partial charge in [-0.05, 0) is 12.8 Å². The molecule has 0 fully saturated rings. The standard InChI is InChI=1S/C11H16Cl8/c12-8(6-10(14,15)16)4-2-1-3-5-9(13)7-11(17,18)19/h8-9H,1-7H2. The molecule has 0 nitrogen and oxygen atoms in total. The minimum absolute atomic E-state index is 0.125. The Morgan fingerprint density at radius 1 is 0.579 bits per heavy atom. The maximum absolute atomic E-state index is 6.06. The Bertz CT molecular complexity index is 208. The van der Waals surface area contributed by atoms with Crippen LogP contribution in [-0.2, 0) is 0 Å². The van der Waals surface area contributed by atoms with Crippen molar-refractivity contribution in [3.05, 3.63) is 0 Å². The van der Waals surface area contributed by atoms with Crippen LogP contribution in [0.25, 0.3) is 0 Å². The van der Waals surface area contributed by atoms with Gasteiger partial charge in [0.05, 0.1) is 0 Å². The highest BCUT2D eigenvalue weighted by molar-refractivity contribution is 6.68. The van der Waals surface area contributed by atoms with Gasteiger partial charge in [0.15, 0.2) is 7.59 Å². The van der Waals surface area contributed by atoms with E-state index >= 15 is 0 Å². The van der Waals surface area contributed by atoms with Crippen LogP contribution < -0.4 is 0 Å². The molecule has 0 rings (SSSR count). The molecule has 0 aliphatic carbocycles. The van der Waals surface area contributed by atoms with E-state index in [0.717, 1.165) is 32.1 Å². The van der Waals surface area contributed by atoms with Gasteiger partial charge in [-0.25, -0.2) is 0 Å². The Morgan fingerprint density at radius 3 is 1.16 bits per heavy atom. The molecular weight excluding hydrogens is 416 g/mol. The smallest absolute Gasteiger partial charge is 0.123 e. The molecule has 0 aliphatic rings. The summed E-state index contributed by atoms with van der Waals surface area (Å²) in [5.41, 5.74) is 0. The molecule has 0 spiro atoms. The Morgan fingerprint density at radius 2 is 0.895 bits per heavy atom. The zero-order chi connectivity index (χ0) is 15.1. The zero-order valence-corrected chi connectivity index (χ0v) is 16.2. The van der Waals surface area contributed by atoms with E-state index in [9.17, 15) is 0 Å². The van der Waals surface area contributed by atoms with Crippen molar-refractivity contribution < 1.29 is 0 Å². The third kappa shape index (κ3) is 16.5. The molecule has 0 amide bonds. The van der Waals surface area contributed by atoms with Crippen molar-refractivity contribution in [1.29, 1.82) is 0 Å². The molecular formula is C11H16Cl8. The summed E-state index contributed by atoms with van der Waals surface area (Å²) < 4.78 is -2.56. The fourth-order valence-electron chi connectivity index (χ4n) is 1.61. The van der Waals surface area contributed by atoms with Crippen molar-refractivity contribution >= 4 is 92.8 Å². The third-order valence-corrected chi connectivity index (χ3v) is 4.11. The second kappa shape index (κ2) is 10.2. The molecule has 0 aliphatic heterocycles. The van der Waals surface area contributed by atoms with Crippen LogP contribution in [0.1, 0.15) is 44.9 Å². The Labute approximate surface area is 155 Å². The lowest BCUT2D eigenvalue weighted by Crippen LogP contribution is -2.12. The highest BCUT2D eigenvalue weighted by Crippen LogP contribution is 2.35. The lowest BCUT2D eigenvalue weighted by Gasteiger charge is -2.16. The van der Waals surface area contributed by atoms with Crippen molar-refractivity contribution in [3.8, 4) is 0 Å². The number of hydrogen-bond acceptors (Lipinski definition) is 0. The zero-order valence-electron chi connectivity index (χ0n) is 10.1. The molecule has 0 heterocycles. The highest BCUT2D eigenvalue weighted by atomic mass is 35.6. The predicted molar refractivity (Wildman–Crippen MR) is 92.2 cm³/mol. The summed E-state index contributed by atoms with van der Waals surface area (Å²) in [5.74, 6) is 0. The first kappa shape index (κ1) is 21.3. The van der Waals surface area contributed by atoms with Crippen molar-refractivity contribution in [1.82, 2.24) is 0 Å². The van der Waals surface area contributed by atoms with E-state index in [1.165, 1.54) is 0 Å². The van der Waals surface area contributed by atoms with E-state index in [4.69, 9.17) is 92.8 Å². The van der Waals surface area contributed by atoms with Crippen LogP contribution >= 0.6 is 92.8 Å². The van der Waals surface area contributed by atoms with Crippen molar-refractivity contribution in [2.24, 2.45) is 0 Å². The number of rotatable bonds is 8. The number of hydrogen-bond donors (Lipinski definition) is 0. The van der Waals surface area contributed by atoms with E-state index < -0.39 is 7.59 Å². The molecule has 0 N–H and O–H groups in total. The van der Waals surface area contributed by atoms with Crippen LogP contribution in [0.3, 0.4) is 0 Å². The average Bonchev–Trinajstić information content (AvgIpc) is 2.10. The first-order valence-electron chi connectivity index (χ1n) is 5.91. The normalized spacial score (nSPS) is 16.4. The molecule has 0 aromatic carbocycles. The van der Waals surface area contributed by atoms with Crippen LogP contribution in [0.2, 0.25) is 0 Å². The molecule has 0 saturated heterocycles. The Kier molecular flexibility index (Phi) is 11.4. The van der Waals surface area contributed by atoms with Gasteiger partial charge in [-0.3, -0.25) is 0 Å². The molecule has 2 unspecified atom stereocenters. The summed E-state index contributed by atoms with van der Waals surface area (Å²) in [5, 5.41) is -0.249. The number of halogens is 8. The molecule has 0 aromatic heterocycles. The fraction of sp³-hybridized carbons (Fsp3) is 1.00. The quantitative estimate of drug-likeness (QED) is 0.273. The molecule has 116 valence electrons. The van der Waals surface area contributed by atoms with E-state index in [0.29, 0.717) is 12.8 Å². The molecule has 0 saturated carbocycles. The van der Waals surface area contributed by atoms with Gasteiger partial charge in [0.25, 0.3) is 0 Å². The maximum Gasteiger partial charge on any atom is 0.192 e. The summed E-state index contributed by atoms with van der Waals surface area (Å²) >= 11 is 46.1. The van der Waals surface area contributed by atoms with Gasteiger partial charge in [-0.2, -0.15) is 0 Å². The molecule has 0 radical (unpaired) electrons. The highest BCUT2D eigenvalue weighted by Gasteiger charge is 2.25. The van der Waals surface area contributed by atoms with Crippen LogP contribution in [0.5, 0.6) is 0 Å². The average molecular weight is 432 g/mol. The van der Waals surface area contributed by atoms with Crippen molar-refractivity contribution in [3.63, 3.8) is 0 Å². The first-order chi connectivity index (χ1) is 8.49. The van der Waals surface area contributed by atoms with Gasteiger partial charge in [0.2, 0.25) is 0 Å². The number of unbranched alkanes of at least 4 members (excludes halogenated alkanes) is 2. The van der Waals surface area contributed by atoms with E-state index in [1.807, 2.05) is 0 Å². The van der Waals surface area contributed by atoms with Crippen molar-refractivity contribution in [2.45, 2.75) is 63.3 Å². The van der Waals surface area contributed by atoms with Gasteiger partial charge < -0.3 is 0 Å². The Hall–Kier alpha value is 2.32. The maximum atomic E-state index is 6.06. The van der Waals surface area contributed by atoms with Gasteiger partial charge in [-0.1, -0.05) is 88.9 Å². The summed E-state index contributed by atoms with van der Waals surface area (Å²) in [7, 11) is 0. The fourth-order valence-corrected chi connectivity index (χ4v) is 3.98. The summed E-state index contributed by atoms with van der Waals surface area (Å²) in [6, 6.07) is 0. The second-order valence-corrected chi connectivity index (χ2v) is 10.7. The predicted octanol–water partition coefficient (Wildman–Crippen LogP) is 7.67. The van der Waals surface area contributed by atoms with E-state index in [-0.39, 0.29) is 10.8 Å². The summed E-state index contributed by atoms with van der Waals surface area (Å²) in [6.07, 6.45) is 5.26. The monoisotopic (exact) mass is 428 g/mol. The van der Waals surface area contributed by atoms with Gasteiger partial charge >= 0.3 is 0 Å². The third-order valence-electron chi connectivity index (χ3n) is 2.44. The van der Waals surface area contributed by atoms with E-state index in [1.54, 1.807) is 0 Å². The molecule has 8 heteroatoms. The SMILES string of the molecule is ClC(CCCCCC(Cl)CC(Cl)(Cl)Cl)CC(Cl)(Cl)Cl. The second-order valence-electron chi connectivity index (χ2n) is 4.47. The molecule has 2 atom stereocenters. The lowest BCUT2D eigenvalue weighted by atomic mass is 10.1. The summed E-state index contributed by atoms with van der Waals surface area (Å²) in [6.45, 7) is 0. The van der Waals surface area contributed by atoms with Crippen LogP contribution in [0.15, 0.2) is 0 Å².